The van der Waals surface area contributed by atoms with Gasteiger partial charge in [0.05, 0.1) is 5.56 Å². The zero-order valence-corrected chi connectivity index (χ0v) is 15.6. The molecule has 0 amide bonds. The maximum Gasteiger partial charge on any atom is 0.416 e. The van der Waals surface area contributed by atoms with Gasteiger partial charge >= 0.3 is 6.18 Å². The number of halogens is 3. The van der Waals surface area contributed by atoms with Crippen LogP contribution in [0.4, 0.5) is 13.2 Å². The van der Waals surface area contributed by atoms with Crippen molar-refractivity contribution in [3.05, 3.63) is 35.4 Å². The van der Waals surface area contributed by atoms with E-state index < -0.39 is 11.7 Å². The summed E-state index contributed by atoms with van der Waals surface area (Å²) in [6.45, 7) is 9.77. The second-order valence-corrected chi connectivity index (χ2v) is 6.36. The molecule has 1 aromatic carbocycles. The summed E-state index contributed by atoms with van der Waals surface area (Å²) in [5.74, 6) is 0.255. The van der Waals surface area contributed by atoms with Gasteiger partial charge in [-0.15, -0.1) is 0 Å². The summed E-state index contributed by atoms with van der Waals surface area (Å²) >= 11 is 0. The Balaban J connectivity index is 0.000000358. The van der Waals surface area contributed by atoms with Gasteiger partial charge in [-0.05, 0) is 59.7 Å². The molecule has 0 N–H and O–H groups in total. The summed E-state index contributed by atoms with van der Waals surface area (Å²) < 4.78 is 35.8. The first-order chi connectivity index (χ1) is 11.0. The first-order valence-corrected chi connectivity index (χ1v) is 8.34. The highest BCUT2D eigenvalue weighted by molar-refractivity contribution is 5.74. The zero-order chi connectivity index (χ0) is 18.9. The second kappa shape index (κ2) is 10.5. The quantitative estimate of drug-likeness (QED) is 0.671. The number of nitrogens with zero attached hydrogens (tertiary/aromatic N) is 1. The van der Waals surface area contributed by atoms with Crippen molar-refractivity contribution in [2.75, 3.05) is 7.05 Å². The predicted octanol–water partition coefficient (Wildman–Crippen LogP) is 5.49. The third-order valence-corrected chi connectivity index (χ3v) is 4.27. The zero-order valence-electron chi connectivity index (χ0n) is 15.6. The summed E-state index contributed by atoms with van der Waals surface area (Å²) in [5, 5.41) is 0. The molecule has 24 heavy (non-hydrogen) atoms. The van der Waals surface area contributed by atoms with Gasteiger partial charge in [-0.3, -0.25) is 0 Å². The average Bonchev–Trinajstić information content (AvgIpc) is 2.79. The van der Waals surface area contributed by atoms with Gasteiger partial charge in [-0.2, -0.15) is 13.2 Å². The lowest BCUT2D eigenvalue weighted by molar-refractivity contribution is -0.137. The molecule has 0 aromatic heterocycles. The third kappa shape index (κ3) is 9.06. The molecule has 0 saturated carbocycles. The number of alkyl halides is 3. The van der Waals surface area contributed by atoms with Crippen LogP contribution in [0, 0.1) is 6.92 Å². The molecule has 1 heterocycles. The Morgan fingerprint density at radius 3 is 1.71 bits per heavy atom. The van der Waals surface area contributed by atoms with E-state index in [1.54, 1.807) is 13.8 Å². The molecule has 2 atom stereocenters. The van der Waals surface area contributed by atoms with Crippen LogP contribution in [0.25, 0.3) is 0 Å². The number of carbonyl (C=O) groups excluding carboxylic acids is 1. The van der Waals surface area contributed by atoms with E-state index in [2.05, 4.69) is 25.8 Å². The molecule has 1 aliphatic rings. The summed E-state index contributed by atoms with van der Waals surface area (Å²) in [6.07, 6.45) is -0.775. The minimum absolute atomic E-state index is 0.255. The minimum Gasteiger partial charge on any atom is -0.301 e. The fourth-order valence-corrected chi connectivity index (χ4v) is 2.07. The lowest BCUT2D eigenvalue weighted by atomic mass is 10.1. The van der Waals surface area contributed by atoms with E-state index in [1.807, 2.05) is 6.92 Å². The molecule has 0 spiro atoms. The van der Waals surface area contributed by atoms with Gasteiger partial charge in [-0.25, -0.2) is 0 Å². The number of Topliss-reactive ketones (excluding diaryl/α,β-unsaturated/α-hetero) is 1. The van der Waals surface area contributed by atoms with Crippen LogP contribution >= 0.6 is 0 Å². The molecule has 0 bridgehead atoms. The molecule has 1 aromatic rings. The lowest BCUT2D eigenvalue weighted by Gasteiger charge is -2.18. The van der Waals surface area contributed by atoms with Crippen molar-refractivity contribution >= 4 is 5.78 Å². The number of aryl methyl sites for hydroxylation is 1. The monoisotopic (exact) mass is 345 g/mol. The fourth-order valence-electron chi connectivity index (χ4n) is 2.07. The van der Waals surface area contributed by atoms with Crippen molar-refractivity contribution in [3.63, 3.8) is 0 Å². The van der Waals surface area contributed by atoms with E-state index >= 15 is 0 Å². The van der Waals surface area contributed by atoms with Gasteiger partial charge in [0.15, 0.2) is 0 Å². The molecular weight excluding hydrogens is 315 g/mol. The number of benzene rings is 1. The first kappa shape index (κ1) is 22.6. The molecule has 1 aliphatic heterocycles. The van der Waals surface area contributed by atoms with E-state index in [-0.39, 0.29) is 5.78 Å². The number of carbonyl (C=O) groups is 1. The van der Waals surface area contributed by atoms with Crippen LogP contribution in [-0.4, -0.2) is 29.8 Å². The maximum atomic E-state index is 11.9. The lowest BCUT2D eigenvalue weighted by Crippen LogP contribution is -2.27. The summed E-state index contributed by atoms with van der Waals surface area (Å²) in [6, 6.07) is 6.70. The van der Waals surface area contributed by atoms with Crippen molar-refractivity contribution in [2.45, 2.75) is 72.1 Å². The van der Waals surface area contributed by atoms with Crippen LogP contribution in [0.3, 0.4) is 0 Å². The molecule has 2 nitrogen and oxygen atoms in total. The van der Waals surface area contributed by atoms with Gasteiger partial charge in [0.2, 0.25) is 0 Å². The molecule has 0 aliphatic carbocycles. The van der Waals surface area contributed by atoms with Crippen LogP contribution in [0.15, 0.2) is 24.3 Å². The summed E-state index contributed by atoms with van der Waals surface area (Å²) in [5.41, 5.74) is 0.237. The Hall–Kier alpha value is -1.36. The molecule has 5 heteroatoms. The Bertz CT molecular complexity index is 472. The van der Waals surface area contributed by atoms with Gasteiger partial charge in [0.1, 0.15) is 5.78 Å². The number of hydrogen-bond donors (Lipinski definition) is 0. The largest absolute Gasteiger partial charge is 0.416 e. The van der Waals surface area contributed by atoms with Crippen LogP contribution < -0.4 is 0 Å². The van der Waals surface area contributed by atoms with Gasteiger partial charge in [0, 0.05) is 18.5 Å². The SMILES string of the molecule is CC1CCC(C)N1C.CCC(C)=O.Cc1ccc(C(F)(F)F)cc1. The van der Waals surface area contributed by atoms with Crippen LogP contribution in [0.1, 0.15) is 58.1 Å². The molecule has 0 radical (unpaired) electrons. The van der Waals surface area contributed by atoms with Crippen molar-refractivity contribution in [2.24, 2.45) is 0 Å². The Kier molecular flexibility index (Phi) is 9.90. The highest BCUT2D eigenvalue weighted by Crippen LogP contribution is 2.28. The van der Waals surface area contributed by atoms with Gasteiger partial charge in [0.25, 0.3) is 0 Å². The van der Waals surface area contributed by atoms with Crippen molar-refractivity contribution in [1.82, 2.24) is 4.90 Å². The Labute approximate surface area is 144 Å². The number of likely N-dealkylation sites (tertiary alicyclic amines) is 1. The van der Waals surface area contributed by atoms with E-state index in [4.69, 9.17) is 0 Å². The second-order valence-electron chi connectivity index (χ2n) is 6.36. The summed E-state index contributed by atoms with van der Waals surface area (Å²) in [4.78, 5) is 12.3. The predicted molar refractivity (Wildman–Crippen MR) is 93.1 cm³/mol. The van der Waals surface area contributed by atoms with E-state index in [1.165, 1.54) is 25.0 Å². The number of rotatable bonds is 1. The highest BCUT2D eigenvalue weighted by Gasteiger charge is 2.29. The standard InChI is InChI=1S/C8H7F3.C7H15N.C4H8O/c1-6-2-4-7(5-3-6)8(9,10)11;1-6-4-5-7(2)8(6)3;1-3-4(2)5/h2-5H,1H3;6-7H,4-5H2,1-3H3;3H2,1-2H3. The van der Waals surface area contributed by atoms with Crippen LogP contribution in [0.5, 0.6) is 0 Å². The Morgan fingerprint density at radius 2 is 1.50 bits per heavy atom. The number of ketones is 1. The van der Waals surface area contributed by atoms with Crippen LogP contribution in [-0.2, 0) is 11.0 Å². The van der Waals surface area contributed by atoms with Gasteiger partial charge < -0.3 is 9.69 Å². The van der Waals surface area contributed by atoms with E-state index in [0.717, 1.165) is 29.8 Å². The van der Waals surface area contributed by atoms with E-state index in [9.17, 15) is 18.0 Å². The van der Waals surface area contributed by atoms with Gasteiger partial charge in [-0.1, -0.05) is 24.6 Å². The molecule has 138 valence electrons. The summed E-state index contributed by atoms with van der Waals surface area (Å²) in [7, 11) is 2.21. The molecular formula is C19H30F3NO. The smallest absolute Gasteiger partial charge is 0.301 e. The number of hydrogen-bond acceptors (Lipinski definition) is 2. The highest BCUT2D eigenvalue weighted by atomic mass is 19.4. The third-order valence-electron chi connectivity index (χ3n) is 4.27. The minimum atomic E-state index is -4.21. The topological polar surface area (TPSA) is 20.3 Å². The van der Waals surface area contributed by atoms with Crippen molar-refractivity contribution in [1.29, 1.82) is 0 Å². The molecule has 1 fully saturated rings. The van der Waals surface area contributed by atoms with Crippen LogP contribution in [0.2, 0.25) is 0 Å². The van der Waals surface area contributed by atoms with Crippen molar-refractivity contribution in [3.8, 4) is 0 Å². The Morgan fingerprint density at radius 1 is 1.12 bits per heavy atom. The van der Waals surface area contributed by atoms with Crippen molar-refractivity contribution < 1.29 is 18.0 Å². The van der Waals surface area contributed by atoms with E-state index in [0.29, 0.717) is 6.42 Å². The first-order valence-electron chi connectivity index (χ1n) is 8.34. The normalized spacial score (nSPS) is 20.5. The molecule has 1 saturated heterocycles. The molecule has 2 unspecified atom stereocenters. The molecule has 2 rings (SSSR count). The average molecular weight is 345 g/mol. The fraction of sp³-hybridized carbons (Fsp3) is 0.632. The maximum absolute atomic E-state index is 11.9.